The van der Waals surface area contributed by atoms with E-state index in [4.69, 9.17) is 4.74 Å². The second-order valence-electron chi connectivity index (χ2n) is 4.55. The van der Waals surface area contributed by atoms with E-state index in [9.17, 15) is 21.2 Å². The van der Waals surface area contributed by atoms with E-state index in [2.05, 4.69) is 4.72 Å². The number of benzene rings is 1. The predicted molar refractivity (Wildman–Crippen MR) is 75.8 cm³/mol. The van der Waals surface area contributed by atoms with Crippen molar-refractivity contribution in [3.05, 3.63) is 24.0 Å². The van der Waals surface area contributed by atoms with Crippen LogP contribution in [0.15, 0.2) is 28.0 Å². The fourth-order valence-electron chi connectivity index (χ4n) is 1.58. The van der Waals surface area contributed by atoms with E-state index >= 15 is 0 Å². The van der Waals surface area contributed by atoms with Gasteiger partial charge < -0.3 is 4.74 Å². The summed E-state index contributed by atoms with van der Waals surface area (Å²) >= 11 is 0. The molecule has 0 spiro atoms. The SMILES string of the molecule is CCOCC(C)NS(=O)(=O)c1cc(S(C)(=O)=O)ccc1F. The summed E-state index contributed by atoms with van der Waals surface area (Å²) in [6.45, 7) is 3.87. The van der Waals surface area contributed by atoms with Crippen molar-refractivity contribution in [1.82, 2.24) is 4.72 Å². The van der Waals surface area contributed by atoms with Crippen LogP contribution in [-0.4, -0.2) is 42.3 Å². The maximum absolute atomic E-state index is 13.7. The Balaban J connectivity index is 3.14. The van der Waals surface area contributed by atoms with Crippen LogP contribution in [0.2, 0.25) is 0 Å². The van der Waals surface area contributed by atoms with E-state index in [0.717, 1.165) is 24.5 Å². The number of nitrogens with one attached hydrogen (secondary N) is 1. The number of hydrogen-bond donors (Lipinski definition) is 1. The van der Waals surface area contributed by atoms with Crippen molar-refractivity contribution in [3.8, 4) is 0 Å². The average molecular weight is 339 g/mol. The number of ether oxygens (including phenoxy) is 1. The molecule has 0 saturated carbocycles. The van der Waals surface area contributed by atoms with Gasteiger partial charge in [-0.3, -0.25) is 0 Å². The lowest BCUT2D eigenvalue weighted by molar-refractivity contribution is 0.133. The number of sulfonamides is 1. The van der Waals surface area contributed by atoms with Crippen LogP contribution in [0.3, 0.4) is 0 Å². The van der Waals surface area contributed by atoms with Crippen LogP contribution in [0.1, 0.15) is 13.8 Å². The van der Waals surface area contributed by atoms with E-state index in [1.807, 2.05) is 0 Å². The normalized spacial score (nSPS) is 14.1. The molecule has 120 valence electrons. The van der Waals surface area contributed by atoms with E-state index in [-0.39, 0.29) is 11.5 Å². The van der Waals surface area contributed by atoms with Crippen molar-refractivity contribution in [2.75, 3.05) is 19.5 Å². The molecule has 1 N–H and O–H groups in total. The molecule has 0 aromatic heterocycles. The number of rotatable bonds is 7. The van der Waals surface area contributed by atoms with Gasteiger partial charge in [0.05, 0.1) is 11.5 Å². The molecular formula is C12H18FNO5S2. The van der Waals surface area contributed by atoms with Gasteiger partial charge in [-0.2, -0.15) is 0 Å². The lowest BCUT2D eigenvalue weighted by atomic mass is 10.3. The third kappa shape index (κ3) is 5.03. The molecule has 1 aromatic rings. The van der Waals surface area contributed by atoms with E-state index in [0.29, 0.717) is 6.61 Å². The van der Waals surface area contributed by atoms with Crippen LogP contribution < -0.4 is 4.72 Å². The summed E-state index contributed by atoms with van der Waals surface area (Å²) in [5, 5.41) is 0. The molecule has 6 nitrogen and oxygen atoms in total. The van der Waals surface area contributed by atoms with Gasteiger partial charge in [0.1, 0.15) is 10.7 Å². The molecule has 0 aliphatic carbocycles. The Kier molecular flexibility index (Phi) is 5.85. The molecule has 0 radical (unpaired) electrons. The van der Waals surface area contributed by atoms with Crippen molar-refractivity contribution in [2.24, 2.45) is 0 Å². The Bertz CT molecular complexity index is 700. The highest BCUT2D eigenvalue weighted by atomic mass is 32.2. The number of halogens is 1. The third-order valence-electron chi connectivity index (χ3n) is 2.55. The molecule has 1 rings (SSSR count). The standard InChI is InChI=1S/C12H18FNO5S2/c1-4-19-8-9(2)14-21(17,18)12-7-10(20(3,15)16)5-6-11(12)13/h5-7,9,14H,4,8H2,1-3H3. The van der Waals surface area contributed by atoms with Gasteiger partial charge in [0.15, 0.2) is 9.84 Å². The van der Waals surface area contributed by atoms with Gasteiger partial charge >= 0.3 is 0 Å². The van der Waals surface area contributed by atoms with Gasteiger partial charge in [0, 0.05) is 18.9 Å². The average Bonchev–Trinajstić information content (AvgIpc) is 2.34. The summed E-state index contributed by atoms with van der Waals surface area (Å²) in [6.07, 6.45) is 0.918. The summed E-state index contributed by atoms with van der Waals surface area (Å²) in [5.41, 5.74) is 0. The zero-order valence-electron chi connectivity index (χ0n) is 12.0. The topological polar surface area (TPSA) is 89.5 Å². The van der Waals surface area contributed by atoms with Gasteiger partial charge in [-0.05, 0) is 32.0 Å². The monoisotopic (exact) mass is 339 g/mol. The Morgan fingerprint density at radius 3 is 2.43 bits per heavy atom. The highest BCUT2D eigenvalue weighted by Crippen LogP contribution is 2.19. The van der Waals surface area contributed by atoms with Crippen LogP contribution in [0.5, 0.6) is 0 Å². The summed E-state index contributed by atoms with van der Waals surface area (Å²) < 4.78 is 68.1. The van der Waals surface area contributed by atoms with Crippen molar-refractivity contribution in [1.29, 1.82) is 0 Å². The molecule has 1 atom stereocenters. The molecule has 21 heavy (non-hydrogen) atoms. The van der Waals surface area contributed by atoms with Gasteiger partial charge in [-0.1, -0.05) is 0 Å². The summed E-state index contributed by atoms with van der Waals surface area (Å²) in [4.78, 5) is -0.962. The molecule has 0 amide bonds. The van der Waals surface area contributed by atoms with Crippen molar-refractivity contribution < 1.29 is 26.0 Å². The van der Waals surface area contributed by atoms with Crippen LogP contribution in [0.25, 0.3) is 0 Å². The molecule has 1 unspecified atom stereocenters. The van der Waals surface area contributed by atoms with Crippen LogP contribution in [-0.2, 0) is 24.6 Å². The van der Waals surface area contributed by atoms with Gasteiger partial charge in [0.25, 0.3) is 0 Å². The molecule has 0 aliphatic heterocycles. The summed E-state index contributed by atoms with van der Waals surface area (Å²) in [7, 11) is -7.80. The first-order valence-electron chi connectivity index (χ1n) is 6.17. The quantitative estimate of drug-likeness (QED) is 0.747. The highest BCUT2D eigenvalue weighted by molar-refractivity contribution is 7.91. The summed E-state index contributed by atoms with van der Waals surface area (Å²) in [5.74, 6) is -1.02. The maximum atomic E-state index is 13.7. The first-order chi connectivity index (χ1) is 9.58. The van der Waals surface area contributed by atoms with Gasteiger partial charge in [0.2, 0.25) is 10.0 Å². The smallest absolute Gasteiger partial charge is 0.243 e. The molecule has 0 aliphatic rings. The van der Waals surface area contributed by atoms with Gasteiger partial charge in [-0.25, -0.2) is 25.9 Å². The van der Waals surface area contributed by atoms with Crippen LogP contribution >= 0.6 is 0 Å². The fourth-order valence-corrected chi connectivity index (χ4v) is 3.63. The van der Waals surface area contributed by atoms with Gasteiger partial charge in [-0.15, -0.1) is 0 Å². The Labute approximate surface area is 124 Å². The maximum Gasteiger partial charge on any atom is 0.243 e. The fraction of sp³-hybridized carbons (Fsp3) is 0.500. The minimum absolute atomic E-state index is 0.128. The molecule has 0 heterocycles. The number of hydrogen-bond acceptors (Lipinski definition) is 5. The first-order valence-corrected chi connectivity index (χ1v) is 9.55. The van der Waals surface area contributed by atoms with Crippen molar-refractivity contribution in [2.45, 2.75) is 29.7 Å². The van der Waals surface area contributed by atoms with Crippen molar-refractivity contribution >= 4 is 19.9 Å². The molecule has 9 heteroatoms. The summed E-state index contributed by atoms with van der Waals surface area (Å²) in [6, 6.07) is 2.07. The molecule has 0 saturated heterocycles. The minimum Gasteiger partial charge on any atom is -0.380 e. The minimum atomic E-state index is -4.17. The molecule has 0 bridgehead atoms. The Hall–Kier alpha value is -1.03. The lowest BCUT2D eigenvalue weighted by Gasteiger charge is -2.14. The van der Waals surface area contributed by atoms with E-state index in [1.165, 1.54) is 0 Å². The van der Waals surface area contributed by atoms with E-state index in [1.54, 1.807) is 13.8 Å². The number of sulfone groups is 1. The largest absolute Gasteiger partial charge is 0.380 e. The van der Waals surface area contributed by atoms with Crippen LogP contribution in [0.4, 0.5) is 4.39 Å². The molecule has 0 fully saturated rings. The Morgan fingerprint density at radius 1 is 1.29 bits per heavy atom. The molecular weight excluding hydrogens is 321 g/mol. The van der Waals surface area contributed by atoms with Crippen molar-refractivity contribution in [3.63, 3.8) is 0 Å². The zero-order chi connectivity index (χ0) is 16.3. The highest BCUT2D eigenvalue weighted by Gasteiger charge is 2.23. The first kappa shape index (κ1) is 18.0. The Morgan fingerprint density at radius 2 is 1.90 bits per heavy atom. The second kappa shape index (κ2) is 6.82. The lowest BCUT2D eigenvalue weighted by Crippen LogP contribution is -2.36. The van der Waals surface area contributed by atoms with Crippen LogP contribution in [0, 0.1) is 5.82 Å². The predicted octanol–water partition coefficient (Wildman–Crippen LogP) is 0.932. The van der Waals surface area contributed by atoms with E-state index < -0.39 is 36.6 Å². The third-order valence-corrected chi connectivity index (χ3v) is 5.26. The zero-order valence-corrected chi connectivity index (χ0v) is 13.6. The second-order valence-corrected chi connectivity index (χ2v) is 8.24. The molecule has 1 aromatic carbocycles.